The molecule has 0 aromatic heterocycles. The molecule has 0 fully saturated rings. The van der Waals surface area contributed by atoms with Crippen LogP contribution in [0.1, 0.15) is 39.6 Å². The molecule has 5 heteroatoms. The predicted octanol–water partition coefficient (Wildman–Crippen LogP) is 2.65. The lowest BCUT2D eigenvalue weighted by Gasteiger charge is -2.24. The first-order chi connectivity index (χ1) is 12.1. The van der Waals surface area contributed by atoms with Gasteiger partial charge in [-0.15, -0.1) is 0 Å². The van der Waals surface area contributed by atoms with Gasteiger partial charge in [-0.2, -0.15) is 0 Å². The number of carbonyl (C=O) groups is 3. The molecule has 126 valence electrons. The summed E-state index contributed by atoms with van der Waals surface area (Å²) in [6.07, 6.45) is 0.957. The van der Waals surface area contributed by atoms with Crippen LogP contribution in [0.3, 0.4) is 0 Å². The standard InChI is InChI=1S/C20H18N2O3/c1-13-12-14-6-2-5-9-17(14)22(13)18(23)10-11-21-19(24)15-7-3-4-8-16(15)20(21)25/h2-9,13H,10-12H2,1H3. The molecule has 0 aliphatic carbocycles. The Balaban J connectivity index is 1.49. The molecular weight excluding hydrogens is 316 g/mol. The highest BCUT2D eigenvalue weighted by Crippen LogP contribution is 2.32. The molecule has 2 aliphatic rings. The summed E-state index contributed by atoms with van der Waals surface area (Å²) >= 11 is 0. The fourth-order valence-corrected chi connectivity index (χ4v) is 3.72. The van der Waals surface area contributed by atoms with Crippen molar-refractivity contribution in [2.24, 2.45) is 0 Å². The number of nitrogens with zero attached hydrogens (tertiary/aromatic N) is 2. The first-order valence-corrected chi connectivity index (χ1v) is 8.43. The molecule has 0 bridgehead atoms. The zero-order valence-electron chi connectivity index (χ0n) is 13.9. The summed E-state index contributed by atoms with van der Waals surface area (Å²) in [4.78, 5) is 40.5. The molecule has 2 heterocycles. The van der Waals surface area contributed by atoms with Crippen LogP contribution in [0.2, 0.25) is 0 Å². The van der Waals surface area contributed by atoms with Crippen molar-refractivity contribution < 1.29 is 14.4 Å². The van der Waals surface area contributed by atoms with Crippen LogP contribution in [0.15, 0.2) is 48.5 Å². The third-order valence-electron chi connectivity index (χ3n) is 4.90. The molecule has 0 spiro atoms. The van der Waals surface area contributed by atoms with Crippen molar-refractivity contribution in [3.8, 4) is 0 Å². The van der Waals surface area contributed by atoms with Gasteiger partial charge < -0.3 is 4.90 Å². The van der Waals surface area contributed by atoms with Gasteiger partial charge in [-0.1, -0.05) is 30.3 Å². The molecule has 1 unspecified atom stereocenters. The number of carbonyl (C=O) groups excluding carboxylic acids is 3. The van der Waals surface area contributed by atoms with E-state index in [4.69, 9.17) is 0 Å². The molecule has 4 rings (SSSR count). The molecular formula is C20H18N2O3. The Labute approximate surface area is 145 Å². The number of hydrogen-bond acceptors (Lipinski definition) is 3. The molecule has 1 atom stereocenters. The van der Waals surface area contributed by atoms with Gasteiger partial charge in [-0.05, 0) is 37.1 Å². The maximum atomic E-state index is 12.7. The van der Waals surface area contributed by atoms with E-state index in [9.17, 15) is 14.4 Å². The lowest BCUT2D eigenvalue weighted by atomic mass is 10.1. The Hall–Kier alpha value is -2.95. The SMILES string of the molecule is CC1Cc2ccccc2N1C(=O)CCN1C(=O)c2ccccc2C1=O. The summed E-state index contributed by atoms with van der Waals surface area (Å²) in [6.45, 7) is 2.12. The first kappa shape index (κ1) is 15.6. The highest BCUT2D eigenvalue weighted by Gasteiger charge is 2.36. The molecule has 2 aromatic carbocycles. The molecule has 0 saturated heterocycles. The topological polar surface area (TPSA) is 57.7 Å². The van der Waals surface area contributed by atoms with Gasteiger partial charge in [0, 0.05) is 24.7 Å². The zero-order chi connectivity index (χ0) is 17.6. The van der Waals surface area contributed by atoms with Gasteiger partial charge in [0.15, 0.2) is 0 Å². The van der Waals surface area contributed by atoms with Gasteiger partial charge in [0.05, 0.1) is 11.1 Å². The number of imide groups is 1. The Morgan fingerprint density at radius 3 is 2.28 bits per heavy atom. The molecule has 0 saturated carbocycles. The quantitative estimate of drug-likeness (QED) is 0.811. The number of rotatable bonds is 3. The van der Waals surface area contributed by atoms with Crippen molar-refractivity contribution in [3.63, 3.8) is 0 Å². The average molecular weight is 334 g/mol. The maximum absolute atomic E-state index is 12.7. The molecule has 3 amide bonds. The van der Waals surface area contributed by atoms with Crippen LogP contribution in [0.4, 0.5) is 5.69 Å². The van der Waals surface area contributed by atoms with E-state index in [0.29, 0.717) is 11.1 Å². The number of amides is 3. The number of para-hydroxylation sites is 1. The second kappa shape index (κ2) is 5.84. The van der Waals surface area contributed by atoms with E-state index in [0.717, 1.165) is 17.7 Å². The summed E-state index contributed by atoms with van der Waals surface area (Å²) < 4.78 is 0. The number of fused-ring (bicyclic) bond motifs is 2. The van der Waals surface area contributed by atoms with Gasteiger partial charge >= 0.3 is 0 Å². The van der Waals surface area contributed by atoms with Gasteiger partial charge in [-0.3, -0.25) is 19.3 Å². The molecule has 0 N–H and O–H groups in total. The smallest absolute Gasteiger partial charge is 0.261 e. The van der Waals surface area contributed by atoms with Crippen molar-refractivity contribution in [1.29, 1.82) is 0 Å². The normalized spacial score (nSPS) is 18.5. The first-order valence-electron chi connectivity index (χ1n) is 8.43. The highest BCUT2D eigenvalue weighted by molar-refractivity contribution is 6.21. The summed E-state index contributed by atoms with van der Waals surface area (Å²) in [7, 11) is 0. The Kier molecular flexibility index (Phi) is 3.64. The van der Waals surface area contributed by atoms with Gasteiger partial charge in [-0.25, -0.2) is 0 Å². The molecule has 2 aliphatic heterocycles. The van der Waals surface area contributed by atoms with Crippen LogP contribution in [-0.4, -0.2) is 35.2 Å². The minimum absolute atomic E-state index is 0.0611. The predicted molar refractivity (Wildman–Crippen MR) is 93.5 cm³/mol. The Bertz CT molecular complexity index is 855. The van der Waals surface area contributed by atoms with Crippen LogP contribution >= 0.6 is 0 Å². The third-order valence-corrected chi connectivity index (χ3v) is 4.90. The lowest BCUT2D eigenvalue weighted by molar-refractivity contribution is -0.119. The fourth-order valence-electron chi connectivity index (χ4n) is 3.72. The second-order valence-corrected chi connectivity index (χ2v) is 6.50. The number of hydrogen-bond donors (Lipinski definition) is 0. The van der Waals surface area contributed by atoms with Crippen molar-refractivity contribution >= 4 is 23.4 Å². The van der Waals surface area contributed by atoms with Crippen molar-refractivity contribution in [3.05, 3.63) is 65.2 Å². The van der Waals surface area contributed by atoms with Crippen molar-refractivity contribution in [2.45, 2.75) is 25.8 Å². The van der Waals surface area contributed by atoms with E-state index < -0.39 is 0 Å². The largest absolute Gasteiger partial charge is 0.309 e. The summed E-state index contributed by atoms with van der Waals surface area (Å²) in [5.74, 6) is -0.694. The van der Waals surface area contributed by atoms with Gasteiger partial charge in [0.1, 0.15) is 0 Å². The molecule has 2 aromatic rings. The zero-order valence-corrected chi connectivity index (χ0v) is 13.9. The Morgan fingerprint density at radius 1 is 1.00 bits per heavy atom. The van der Waals surface area contributed by atoms with E-state index in [-0.39, 0.29) is 36.7 Å². The number of anilines is 1. The summed E-state index contributed by atoms with van der Waals surface area (Å²) in [6, 6.07) is 14.7. The van der Waals surface area contributed by atoms with Crippen LogP contribution in [0.5, 0.6) is 0 Å². The van der Waals surface area contributed by atoms with Gasteiger partial charge in [0.25, 0.3) is 11.8 Å². The van der Waals surface area contributed by atoms with E-state index in [1.54, 1.807) is 29.2 Å². The highest BCUT2D eigenvalue weighted by atomic mass is 16.2. The maximum Gasteiger partial charge on any atom is 0.261 e. The molecule has 25 heavy (non-hydrogen) atoms. The second-order valence-electron chi connectivity index (χ2n) is 6.50. The van der Waals surface area contributed by atoms with Crippen LogP contribution in [-0.2, 0) is 11.2 Å². The van der Waals surface area contributed by atoms with Crippen LogP contribution in [0.25, 0.3) is 0 Å². The van der Waals surface area contributed by atoms with E-state index in [1.807, 2.05) is 31.2 Å². The van der Waals surface area contributed by atoms with Crippen molar-refractivity contribution in [1.82, 2.24) is 4.90 Å². The van der Waals surface area contributed by atoms with Gasteiger partial charge in [0.2, 0.25) is 5.91 Å². The monoisotopic (exact) mass is 334 g/mol. The third kappa shape index (κ3) is 2.43. The van der Waals surface area contributed by atoms with E-state index in [2.05, 4.69) is 0 Å². The summed E-state index contributed by atoms with van der Waals surface area (Å²) in [5.41, 5.74) is 2.92. The molecule has 0 radical (unpaired) electrons. The van der Waals surface area contributed by atoms with E-state index in [1.165, 1.54) is 4.90 Å². The lowest BCUT2D eigenvalue weighted by Crippen LogP contribution is -2.39. The fraction of sp³-hybridized carbons (Fsp3) is 0.250. The minimum atomic E-state index is -0.316. The number of benzene rings is 2. The van der Waals surface area contributed by atoms with E-state index >= 15 is 0 Å². The molecule has 5 nitrogen and oxygen atoms in total. The van der Waals surface area contributed by atoms with Crippen molar-refractivity contribution in [2.75, 3.05) is 11.4 Å². The minimum Gasteiger partial charge on any atom is -0.309 e. The summed E-state index contributed by atoms with van der Waals surface area (Å²) in [5, 5.41) is 0. The Morgan fingerprint density at radius 2 is 1.60 bits per heavy atom. The average Bonchev–Trinajstić information content (AvgIpc) is 3.08. The van der Waals surface area contributed by atoms with Crippen LogP contribution in [0, 0.1) is 0 Å². The van der Waals surface area contributed by atoms with Crippen LogP contribution < -0.4 is 4.90 Å².